The first-order chi connectivity index (χ1) is 6.98. The number of ether oxygens (including phenoxy) is 1. The van der Waals surface area contributed by atoms with E-state index in [4.69, 9.17) is 10.00 Å². The molecule has 0 spiro atoms. The number of benzene rings is 1. The zero-order chi connectivity index (χ0) is 11.5. The summed E-state index contributed by atoms with van der Waals surface area (Å²) in [5, 5.41) is 11.7. The van der Waals surface area contributed by atoms with Gasteiger partial charge in [-0.2, -0.15) is 5.26 Å². The van der Waals surface area contributed by atoms with Gasteiger partial charge in [-0.1, -0.05) is 0 Å². The molecule has 80 valence electrons. The molecule has 1 N–H and O–H groups in total. The highest BCUT2D eigenvalue weighted by atomic mass is 19.1. The van der Waals surface area contributed by atoms with Crippen molar-refractivity contribution in [3.05, 3.63) is 24.0 Å². The Bertz CT molecular complexity index is 396. The Balaban J connectivity index is 3.03. The molecule has 0 amide bonds. The van der Waals surface area contributed by atoms with E-state index in [0.717, 1.165) is 0 Å². The number of methoxy groups -OCH3 is 1. The molecule has 0 atom stereocenters. The fraction of sp³-hybridized carbons (Fsp3) is 0.364. The Hall–Kier alpha value is -1.76. The van der Waals surface area contributed by atoms with E-state index >= 15 is 0 Å². The van der Waals surface area contributed by atoms with Crippen molar-refractivity contribution < 1.29 is 9.13 Å². The Morgan fingerprint density at radius 2 is 2.13 bits per heavy atom. The molecule has 4 heteroatoms. The third kappa shape index (κ3) is 2.84. The average molecular weight is 208 g/mol. The highest BCUT2D eigenvalue weighted by Gasteiger charge is 2.18. The van der Waals surface area contributed by atoms with Gasteiger partial charge in [0.25, 0.3) is 0 Å². The van der Waals surface area contributed by atoms with Crippen molar-refractivity contribution >= 4 is 5.69 Å². The zero-order valence-electron chi connectivity index (χ0n) is 8.97. The summed E-state index contributed by atoms with van der Waals surface area (Å²) in [7, 11) is 1.50. The quantitative estimate of drug-likeness (QED) is 0.830. The molecule has 1 aromatic carbocycles. The van der Waals surface area contributed by atoms with Gasteiger partial charge in [0, 0.05) is 6.07 Å². The fourth-order valence-electron chi connectivity index (χ4n) is 1.14. The molecule has 0 aliphatic carbocycles. The van der Waals surface area contributed by atoms with E-state index < -0.39 is 5.54 Å². The number of hydrogen-bond acceptors (Lipinski definition) is 3. The van der Waals surface area contributed by atoms with Crippen LogP contribution in [0.3, 0.4) is 0 Å². The molecule has 0 radical (unpaired) electrons. The molecule has 15 heavy (non-hydrogen) atoms. The number of anilines is 1. The van der Waals surface area contributed by atoms with Gasteiger partial charge >= 0.3 is 0 Å². The smallest absolute Gasteiger partial charge is 0.142 e. The van der Waals surface area contributed by atoms with E-state index in [-0.39, 0.29) is 5.82 Å². The summed E-state index contributed by atoms with van der Waals surface area (Å²) in [6, 6.07) is 6.20. The predicted molar refractivity (Wildman–Crippen MR) is 56.3 cm³/mol. The minimum absolute atomic E-state index is 0.368. The van der Waals surface area contributed by atoms with E-state index in [9.17, 15) is 4.39 Å². The molecule has 0 unspecified atom stereocenters. The zero-order valence-corrected chi connectivity index (χ0v) is 8.97. The van der Waals surface area contributed by atoms with E-state index in [0.29, 0.717) is 11.4 Å². The summed E-state index contributed by atoms with van der Waals surface area (Å²) < 4.78 is 18.0. The van der Waals surface area contributed by atoms with E-state index in [1.165, 1.54) is 25.3 Å². The van der Waals surface area contributed by atoms with Gasteiger partial charge in [0.05, 0.1) is 18.9 Å². The molecule has 1 rings (SSSR count). The Labute approximate surface area is 88.5 Å². The second-order valence-corrected chi connectivity index (χ2v) is 3.71. The average Bonchev–Trinajstić information content (AvgIpc) is 2.18. The number of nitrogens with zero attached hydrogens (tertiary/aromatic N) is 1. The van der Waals surface area contributed by atoms with Crippen LogP contribution in [-0.2, 0) is 0 Å². The molecule has 0 aliphatic rings. The predicted octanol–water partition coefficient (Wildman–Crippen LogP) is 2.55. The van der Waals surface area contributed by atoms with Crippen LogP contribution in [0.2, 0.25) is 0 Å². The second kappa shape index (κ2) is 4.18. The Morgan fingerprint density at radius 1 is 1.47 bits per heavy atom. The fourth-order valence-corrected chi connectivity index (χ4v) is 1.14. The van der Waals surface area contributed by atoms with Gasteiger partial charge in [-0.05, 0) is 26.0 Å². The SMILES string of the molecule is COc1ccc(F)cc1NC(C)(C)C#N. The van der Waals surface area contributed by atoms with Crippen molar-refractivity contribution in [2.75, 3.05) is 12.4 Å². The van der Waals surface area contributed by atoms with Gasteiger partial charge in [0.2, 0.25) is 0 Å². The summed E-state index contributed by atoms with van der Waals surface area (Å²) in [6.45, 7) is 3.41. The first-order valence-electron chi connectivity index (χ1n) is 4.51. The summed E-state index contributed by atoms with van der Waals surface area (Å²) in [5.74, 6) is 0.145. The van der Waals surface area contributed by atoms with E-state index in [1.807, 2.05) is 0 Å². The molecular weight excluding hydrogens is 195 g/mol. The molecule has 0 fully saturated rings. The molecule has 0 saturated carbocycles. The van der Waals surface area contributed by atoms with Crippen LogP contribution in [0, 0.1) is 17.1 Å². The summed E-state index contributed by atoms with van der Waals surface area (Å²) >= 11 is 0. The van der Waals surface area contributed by atoms with Crippen molar-refractivity contribution in [2.24, 2.45) is 0 Å². The first kappa shape index (κ1) is 11.3. The van der Waals surface area contributed by atoms with Crippen LogP contribution in [-0.4, -0.2) is 12.6 Å². The van der Waals surface area contributed by atoms with Gasteiger partial charge in [-0.3, -0.25) is 0 Å². The molecular formula is C11H13FN2O. The van der Waals surface area contributed by atoms with Crippen LogP contribution < -0.4 is 10.1 Å². The van der Waals surface area contributed by atoms with Crippen molar-refractivity contribution in [1.82, 2.24) is 0 Å². The van der Waals surface area contributed by atoms with Crippen LogP contribution in [0.4, 0.5) is 10.1 Å². The van der Waals surface area contributed by atoms with Gasteiger partial charge in [0.1, 0.15) is 17.1 Å². The molecule has 1 aromatic rings. The van der Waals surface area contributed by atoms with Crippen molar-refractivity contribution in [2.45, 2.75) is 19.4 Å². The van der Waals surface area contributed by atoms with Gasteiger partial charge < -0.3 is 10.1 Å². The van der Waals surface area contributed by atoms with Crippen LogP contribution >= 0.6 is 0 Å². The van der Waals surface area contributed by atoms with Crippen LogP contribution in [0.5, 0.6) is 5.75 Å². The van der Waals surface area contributed by atoms with E-state index in [1.54, 1.807) is 13.8 Å². The first-order valence-corrected chi connectivity index (χ1v) is 4.51. The topological polar surface area (TPSA) is 45.0 Å². The lowest BCUT2D eigenvalue weighted by Crippen LogP contribution is -2.28. The van der Waals surface area contributed by atoms with E-state index in [2.05, 4.69) is 11.4 Å². The highest BCUT2D eigenvalue weighted by molar-refractivity contribution is 5.58. The largest absolute Gasteiger partial charge is 0.495 e. The van der Waals surface area contributed by atoms with Crippen molar-refractivity contribution in [1.29, 1.82) is 5.26 Å². The van der Waals surface area contributed by atoms with Gasteiger partial charge in [-0.25, -0.2) is 4.39 Å². The van der Waals surface area contributed by atoms with Crippen molar-refractivity contribution in [3.8, 4) is 11.8 Å². The lowest BCUT2D eigenvalue weighted by molar-refractivity contribution is 0.414. The lowest BCUT2D eigenvalue weighted by Gasteiger charge is -2.20. The molecule has 0 aliphatic heterocycles. The second-order valence-electron chi connectivity index (χ2n) is 3.71. The normalized spacial score (nSPS) is 10.6. The third-order valence-corrected chi connectivity index (χ3v) is 1.89. The van der Waals surface area contributed by atoms with Crippen LogP contribution in [0.25, 0.3) is 0 Å². The maximum atomic E-state index is 13.0. The molecule has 0 aromatic heterocycles. The standard InChI is InChI=1S/C11H13FN2O/c1-11(2,7-13)14-9-6-8(12)4-5-10(9)15-3/h4-6,14H,1-3H3. The third-order valence-electron chi connectivity index (χ3n) is 1.89. The Morgan fingerprint density at radius 3 is 2.67 bits per heavy atom. The van der Waals surface area contributed by atoms with Crippen molar-refractivity contribution in [3.63, 3.8) is 0 Å². The minimum atomic E-state index is -0.763. The highest BCUT2D eigenvalue weighted by Crippen LogP contribution is 2.27. The number of nitrogens with one attached hydrogen (secondary N) is 1. The monoisotopic (exact) mass is 208 g/mol. The summed E-state index contributed by atoms with van der Waals surface area (Å²) in [4.78, 5) is 0. The molecule has 0 saturated heterocycles. The molecule has 0 bridgehead atoms. The summed E-state index contributed by atoms with van der Waals surface area (Å²) in [5.41, 5.74) is -0.287. The number of hydrogen-bond donors (Lipinski definition) is 1. The number of rotatable bonds is 3. The van der Waals surface area contributed by atoms with Crippen LogP contribution in [0.1, 0.15) is 13.8 Å². The molecule has 0 heterocycles. The summed E-state index contributed by atoms with van der Waals surface area (Å²) in [6.07, 6.45) is 0. The Kier molecular flexibility index (Phi) is 3.15. The number of nitriles is 1. The molecule has 3 nitrogen and oxygen atoms in total. The maximum Gasteiger partial charge on any atom is 0.142 e. The lowest BCUT2D eigenvalue weighted by atomic mass is 10.1. The van der Waals surface area contributed by atoms with Gasteiger partial charge in [-0.15, -0.1) is 0 Å². The minimum Gasteiger partial charge on any atom is -0.495 e. The maximum absolute atomic E-state index is 13.0. The van der Waals surface area contributed by atoms with Crippen LogP contribution in [0.15, 0.2) is 18.2 Å². The number of halogens is 1. The van der Waals surface area contributed by atoms with Gasteiger partial charge in [0.15, 0.2) is 0 Å².